The van der Waals surface area contributed by atoms with E-state index in [-0.39, 0.29) is 0 Å². The lowest BCUT2D eigenvalue weighted by Crippen LogP contribution is -2.21. The summed E-state index contributed by atoms with van der Waals surface area (Å²) < 4.78 is 2.40. The van der Waals surface area contributed by atoms with Crippen molar-refractivity contribution in [3.05, 3.63) is 47.5 Å². The molecule has 0 aromatic carbocycles. The lowest BCUT2D eigenvalue weighted by molar-refractivity contribution is 0.262. The summed E-state index contributed by atoms with van der Waals surface area (Å²) in [6.45, 7) is 0. The number of hydrogen-bond acceptors (Lipinski definition) is 4. The van der Waals surface area contributed by atoms with Gasteiger partial charge in [0.1, 0.15) is 5.82 Å². The molecular formula is C12H10BrN7O. The fourth-order valence-electron chi connectivity index (χ4n) is 1.67. The topological polar surface area (TPSA) is 101 Å². The van der Waals surface area contributed by atoms with E-state index in [0.29, 0.717) is 17.3 Å². The molecule has 0 spiro atoms. The summed E-state index contributed by atoms with van der Waals surface area (Å²) in [5.41, 5.74) is 0.570. The van der Waals surface area contributed by atoms with Crippen LogP contribution in [0.5, 0.6) is 0 Å². The van der Waals surface area contributed by atoms with Crippen LogP contribution in [0.15, 0.2) is 47.5 Å². The van der Waals surface area contributed by atoms with Gasteiger partial charge >= 0.3 is 6.03 Å². The molecule has 3 rings (SSSR count). The molecule has 0 saturated carbocycles. The Morgan fingerprint density at radius 1 is 1.24 bits per heavy atom. The Hall–Kier alpha value is -2.68. The Bertz CT molecular complexity index is 735. The highest BCUT2D eigenvalue weighted by Crippen LogP contribution is 2.15. The molecule has 3 aromatic heterocycles. The van der Waals surface area contributed by atoms with Gasteiger partial charge in [-0.25, -0.2) is 9.78 Å². The zero-order chi connectivity index (χ0) is 14.7. The molecule has 0 saturated heterocycles. The number of amides is 2. The molecule has 0 aliphatic carbocycles. The Labute approximate surface area is 127 Å². The summed E-state index contributed by atoms with van der Waals surface area (Å²) in [5.74, 6) is 1.10. The number of H-pyrrole nitrogens is 1. The molecular weight excluding hydrogens is 338 g/mol. The van der Waals surface area contributed by atoms with E-state index in [2.05, 4.69) is 46.8 Å². The van der Waals surface area contributed by atoms with Crippen LogP contribution in [0.4, 0.5) is 16.3 Å². The summed E-state index contributed by atoms with van der Waals surface area (Å²) in [4.78, 5) is 16.1. The first-order chi connectivity index (χ1) is 10.2. The van der Waals surface area contributed by atoms with Crippen molar-refractivity contribution in [2.24, 2.45) is 0 Å². The number of aromatic nitrogens is 5. The quantitative estimate of drug-likeness (QED) is 0.677. The van der Waals surface area contributed by atoms with Crippen LogP contribution in [0.1, 0.15) is 0 Å². The largest absolute Gasteiger partial charge is 0.324 e. The smallest absolute Gasteiger partial charge is 0.305 e. The van der Waals surface area contributed by atoms with Crippen molar-refractivity contribution >= 4 is 33.5 Å². The highest BCUT2D eigenvalue weighted by molar-refractivity contribution is 9.10. The molecule has 8 nitrogen and oxygen atoms in total. The van der Waals surface area contributed by atoms with Crippen LogP contribution in [0.25, 0.3) is 5.82 Å². The van der Waals surface area contributed by atoms with Gasteiger partial charge in [-0.2, -0.15) is 14.9 Å². The summed E-state index contributed by atoms with van der Waals surface area (Å²) in [6.07, 6.45) is 6.32. The van der Waals surface area contributed by atoms with Gasteiger partial charge in [-0.3, -0.25) is 10.4 Å². The molecule has 0 atom stereocenters. The average Bonchev–Trinajstić information content (AvgIpc) is 3.11. The van der Waals surface area contributed by atoms with Gasteiger partial charge in [0.25, 0.3) is 0 Å². The van der Waals surface area contributed by atoms with Crippen molar-refractivity contribution in [3.8, 4) is 5.82 Å². The summed E-state index contributed by atoms with van der Waals surface area (Å²) in [5, 5.41) is 15.8. The van der Waals surface area contributed by atoms with E-state index in [1.54, 1.807) is 30.7 Å². The molecule has 2 amide bonds. The summed E-state index contributed by atoms with van der Waals surface area (Å²) in [6, 6.07) is 4.92. The number of rotatable bonds is 3. The van der Waals surface area contributed by atoms with E-state index < -0.39 is 6.03 Å². The molecule has 106 valence electrons. The van der Waals surface area contributed by atoms with Gasteiger partial charge in [0.15, 0.2) is 5.82 Å². The molecule has 21 heavy (non-hydrogen) atoms. The fraction of sp³-hybridized carbons (Fsp3) is 0. The predicted molar refractivity (Wildman–Crippen MR) is 80.3 cm³/mol. The van der Waals surface area contributed by atoms with Crippen molar-refractivity contribution in [1.29, 1.82) is 0 Å². The third-order valence-corrected chi connectivity index (χ3v) is 3.04. The lowest BCUT2D eigenvalue weighted by atomic mass is 10.4. The fourth-order valence-corrected chi connectivity index (χ4v) is 1.91. The van der Waals surface area contributed by atoms with Gasteiger partial charge in [0.2, 0.25) is 0 Å². The Kier molecular flexibility index (Phi) is 3.65. The Balaban J connectivity index is 1.76. The van der Waals surface area contributed by atoms with Gasteiger partial charge in [-0.05, 0) is 28.1 Å². The number of urea groups is 1. The second-order valence-corrected chi connectivity index (χ2v) is 4.94. The number of aromatic amines is 1. The predicted octanol–water partition coefficient (Wildman–Crippen LogP) is 2.40. The van der Waals surface area contributed by atoms with Crippen LogP contribution < -0.4 is 10.6 Å². The molecule has 3 heterocycles. The molecule has 3 aromatic rings. The molecule has 0 bridgehead atoms. The number of nitrogens with one attached hydrogen (secondary N) is 3. The first kappa shape index (κ1) is 13.3. The first-order valence-corrected chi connectivity index (χ1v) is 6.74. The second-order valence-electron chi connectivity index (χ2n) is 4.03. The number of nitrogens with zero attached hydrogens (tertiary/aromatic N) is 4. The van der Waals surface area contributed by atoms with Crippen LogP contribution in [0.3, 0.4) is 0 Å². The van der Waals surface area contributed by atoms with Crippen molar-refractivity contribution in [3.63, 3.8) is 0 Å². The molecule has 0 aliphatic heterocycles. The minimum absolute atomic E-state index is 0.393. The third-order valence-electron chi connectivity index (χ3n) is 2.57. The van der Waals surface area contributed by atoms with Crippen molar-refractivity contribution in [2.75, 3.05) is 10.6 Å². The van der Waals surface area contributed by atoms with Crippen LogP contribution >= 0.6 is 15.9 Å². The van der Waals surface area contributed by atoms with Crippen molar-refractivity contribution < 1.29 is 4.79 Å². The van der Waals surface area contributed by atoms with E-state index in [0.717, 1.165) is 4.47 Å². The van der Waals surface area contributed by atoms with E-state index >= 15 is 0 Å². The summed E-state index contributed by atoms with van der Waals surface area (Å²) in [7, 11) is 0. The van der Waals surface area contributed by atoms with Crippen LogP contribution in [0, 0.1) is 0 Å². The van der Waals surface area contributed by atoms with Crippen LogP contribution in [-0.2, 0) is 0 Å². The molecule has 0 fully saturated rings. The highest BCUT2D eigenvalue weighted by atomic mass is 79.9. The van der Waals surface area contributed by atoms with Gasteiger partial charge < -0.3 is 5.32 Å². The zero-order valence-electron chi connectivity index (χ0n) is 10.6. The van der Waals surface area contributed by atoms with Gasteiger partial charge in [-0.1, -0.05) is 0 Å². The van der Waals surface area contributed by atoms with Crippen LogP contribution in [0.2, 0.25) is 0 Å². The number of carbonyl (C=O) groups is 1. The summed E-state index contributed by atoms with van der Waals surface area (Å²) >= 11 is 3.32. The second kappa shape index (κ2) is 5.75. The van der Waals surface area contributed by atoms with Gasteiger partial charge in [0, 0.05) is 22.9 Å². The Morgan fingerprint density at radius 3 is 2.86 bits per heavy atom. The molecule has 0 aliphatic rings. The lowest BCUT2D eigenvalue weighted by Gasteiger charge is -2.08. The average molecular weight is 348 g/mol. The molecule has 3 N–H and O–H groups in total. The van der Waals surface area contributed by atoms with Crippen molar-refractivity contribution in [2.45, 2.75) is 0 Å². The minimum Gasteiger partial charge on any atom is -0.305 e. The SMILES string of the molecule is O=C(Nc1cn[nH]c1)Nc1ccnn1-c1ccc(Br)cn1. The molecule has 9 heteroatoms. The van der Waals surface area contributed by atoms with Crippen LogP contribution in [-0.4, -0.2) is 31.0 Å². The normalized spacial score (nSPS) is 10.3. The van der Waals surface area contributed by atoms with E-state index in [9.17, 15) is 4.79 Å². The third kappa shape index (κ3) is 3.08. The molecule has 0 unspecified atom stereocenters. The number of halogens is 1. The van der Waals surface area contributed by atoms with Gasteiger partial charge in [0.05, 0.1) is 18.1 Å². The monoisotopic (exact) mass is 347 g/mol. The minimum atomic E-state index is -0.393. The number of pyridine rings is 1. The maximum atomic E-state index is 11.9. The maximum absolute atomic E-state index is 11.9. The standard InChI is InChI=1S/C12H10BrN7O/c13-8-1-2-10(14-5-8)20-11(3-4-17-20)19-12(21)18-9-6-15-16-7-9/h1-7H,(H,15,16)(H2,18,19,21). The first-order valence-electron chi connectivity index (χ1n) is 5.95. The zero-order valence-corrected chi connectivity index (χ0v) is 12.2. The Morgan fingerprint density at radius 2 is 2.14 bits per heavy atom. The van der Waals surface area contributed by atoms with E-state index in [1.165, 1.54) is 10.9 Å². The maximum Gasteiger partial charge on any atom is 0.324 e. The van der Waals surface area contributed by atoms with Gasteiger partial charge in [-0.15, -0.1) is 0 Å². The van der Waals surface area contributed by atoms with Crippen molar-refractivity contribution in [1.82, 2.24) is 25.0 Å². The number of carbonyl (C=O) groups excluding carboxylic acids is 1. The highest BCUT2D eigenvalue weighted by Gasteiger charge is 2.10. The van der Waals surface area contributed by atoms with E-state index in [1.807, 2.05) is 6.07 Å². The number of hydrogen-bond donors (Lipinski definition) is 3. The number of anilines is 2. The van der Waals surface area contributed by atoms with E-state index in [4.69, 9.17) is 0 Å². The molecule has 0 radical (unpaired) electrons.